The molecule has 1 fully saturated rings. The van der Waals surface area contributed by atoms with Crippen LogP contribution in [0.15, 0.2) is 11.1 Å². The summed E-state index contributed by atoms with van der Waals surface area (Å²) in [7, 11) is 0. The van der Waals surface area contributed by atoms with Gasteiger partial charge in [-0.05, 0) is 25.7 Å². The van der Waals surface area contributed by atoms with Crippen LogP contribution in [0.5, 0.6) is 0 Å². The lowest BCUT2D eigenvalue weighted by Crippen LogP contribution is -2.45. The zero-order valence-corrected chi connectivity index (χ0v) is 7.13. The Labute approximate surface area is 75.9 Å². The maximum absolute atomic E-state index is 11.2. The van der Waals surface area contributed by atoms with Crippen molar-refractivity contribution in [1.82, 2.24) is 5.32 Å². The Morgan fingerprint density at radius 1 is 1.54 bits per heavy atom. The number of amides is 1. The van der Waals surface area contributed by atoms with Gasteiger partial charge in [0.1, 0.15) is 11.6 Å². The Kier molecular flexibility index (Phi) is 1.64. The maximum atomic E-state index is 11.2. The normalized spacial score (nSPS) is 32.5. The van der Waals surface area contributed by atoms with E-state index in [0.29, 0.717) is 18.4 Å². The van der Waals surface area contributed by atoms with E-state index in [1.165, 1.54) is 0 Å². The van der Waals surface area contributed by atoms with Crippen molar-refractivity contribution in [3.05, 3.63) is 11.1 Å². The van der Waals surface area contributed by atoms with Crippen molar-refractivity contribution in [1.29, 1.82) is 5.26 Å². The summed E-state index contributed by atoms with van der Waals surface area (Å²) in [6, 6.07) is 1.85. The zero-order valence-electron chi connectivity index (χ0n) is 7.13. The molecule has 4 heteroatoms. The first kappa shape index (κ1) is 8.27. The summed E-state index contributed by atoms with van der Waals surface area (Å²) in [5, 5.41) is 21.1. The van der Waals surface area contributed by atoms with Crippen LogP contribution in [0.25, 0.3) is 0 Å². The maximum Gasteiger partial charge on any atom is 0.264 e. The van der Waals surface area contributed by atoms with Gasteiger partial charge in [0.05, 0.1) is 0 Å². The number of fused-ring (bicyclic) bond motifs is 1. The fourth-order valence-electron chi connectivity index (χ4n) is 2.02. The highest BCUT2D eigenvalue weighted by Crippen LogP contribution is 2.37. The van der Waals surface area contributed by atoms with Crippen LogP contribution >= 0.6 is 0 Å². The molecule has 1 heterocycles. The van der Waals surface area contributed by atoms with Gasteiger partial charge >= 0.3 is 0 Å². The minimum Gasteiger partial charge on any atom is -0.367 e. The molecule has 13 heavy (non-hydrogen) atoms. The molecular weight excluding hydrogens is 168 g/mol. The summed E-state index contributed by atoms with van der Waals surface area (Å²) < 4.78 is 0. The molecule has 1 saturated carbocycles. The molecule has 1 unspecified atom stereocenters. The number of nitriles is 1. The summed E-state index contributed by atoms with van der Waals surface area (Å²) in [4.78, 5) is 11.2. The van der Waals surface area contributed by atoms with E-state index in [1.807, 2.05) is 6.07 Å². The highest BCUT2D eigenvalue weighted by Gasteiger charge is 2.44. The molecule has 0 saturated heterocycles. The molecule has 4 nitrogen and oxygen atoms in total. The van der Waals surface area contributed by atoms with Crippen LogP contribution in [0.3, 0.4) is 0 Å². The van der Waals surface area contributed by atoms with Crippen LogP contribution in [-0.4, -0.2) is 16.7 Å². The topological polar surface area (TPSA) is 73.1 Å². The summed E-state index contributed by atoms with van der Waals surface area (Å²) in [5.41, 5.74) is -0.506. The second-order valence-corrected chi connectivity index (χ2v) is 3.49. The van der Waals surface area contributed by atoms with Gasteiger partial charge < -0.3 is 10.4 Å². The third-order valence-electron chi connectivity index (χ3n) is 2.68. The quantitative estimate of drug-likeness (QED) is 0.556. The van der Waals surface area contributed by atoms with Gasteiger partial charge in [0.25, 0.3) is 5.91 Å². The molecule has 0 aromatic rings. The molecule has 2 aliphatic rings. The number of rotatable bonds is 0. The van der Waals surface area contributed by atoms with Crippen molar-refractivity contribution in [2.24, 2.45) is 0 Å². The van der Waals surface area contributed by atoms with Crippen molar-refractivity contribution in [2.75, 3.05) is 0 Å². The number of nitrogens with zero attached hydrogens (tertiary/aromatic N) is 1. The fraction of sp³-hybridized carbons (Fsp3) is 0.556. The number of aliphatic hydroxyl groups is 1. The molecule has 0 radical (unpaired) electrons. The van der Waals surface area contributed by atoms with Gasteiger partial charge in [0, 0.05) is 5.57 Å². The van der Waals surface area contributed by atoms with E-state index in [9.17, 15) is 9.90 Å². The van der Waals surface area contributed by atoms with E-state index in [0.717, 1.165) is 12.8 Å². The molecule has 0 aromatic heterocycles. The van der Waals surface area contributed by atoms with Crippen LogP contribution < -0.4 is 5.32 Å². The lowest BCUT2D eigenvalue weighted by molar-refractivity contribution is -0.120. The van der Waals surface area contributed by atoms with Gasteiger partial charge in [-0.3, -0.25) is 4.79 Å². The summed E-state index contributed by atoms with van der Waals surface area (Å²) in [6.45, 7) is 0. The van der Waals surface area contributed by atoms with E-state index in [-0.39, 0.29) is 5.57 Å². The molecule has 2 rings (SSSR count). The Bertz CT molecular complexity index is 340. The first-order chi connectivity index (χ1) is 6.17. The van der Waals surface area contributed by atoms with Gasteiger partial charge in [-0.15, -0.1) is 0 Å². The van der Waals surface area contributed by atoms with E-state index < -0.39 is 11.6 Å². The van der Waals surface area contributed by atoms with Crippen molar-refractivity contribution in [3.8, 4) is 6.07 Å². The van der Waals surface area contributed by atoms with Gasteiger partial charge in [-0.2, -0.15) is 5.26 Å². The zero-order chi connectivity index (χ0) is 9.47. The smallest absolute Gasteiger partial charge is 0.264 e. The number of nitrogens with one attached hydrogen (secondary N) is 1. The number of carbonyl (C=O) groups is 1. The molecular formula is C9H10N2O2. The lowest BCUT2D eigenvalue weighted by atomic mass is 9.86. The predicted octanol–water partition coefficient (Wildman–Crippen LogP) is 0.199. The first-order valence-electron chi connectivity index (χ1n) is 4.36. The van der Waals surface area contributed by atoms with E-state index in [2.05, 4.69) is 5.32 Å². The molecule has 0 aromatic carbocycles. The summed E-state index contributed by atoms with van der Waals surface area (Å²) in [6.07, 6.45) is 3.01. The van der Waals surface area contributed by atoms with Crippen molar-refractivity contribution in [2.45, 2.75) is 31.4 Å². The first-order valence-corrected chi connectivity index (χ1v) is 4.36. The average molecular weight is 178 g/mol. The molecule has 1 atom stereocenters. The lowest BCUT2D eigenvalue weighted by Gasteiger charge is -2.30. The third-order valence-corrected chi connectivity index (χ3v) is 2.68. The van der Waals surface area contributed by atoms with Gasteiger partial charge in [-0.1, -0.05) is 0 Å². The molecule has 68 valence electrons. The minimum absolute atomic E-state index is 0.113. The Hall–Kier alpha value is -1.34. The molecule has 1 aliphatic heterocycles. The average Bonchev–Trinajstić information content (AvgIpc) is 2.34. The van der Waals surface area contributed by atoms with Crippen molar-refractivity contribution >= 4 is 5.91 Å². The Morgan fingerprint density at radius 2 is 2.31 bits per heavy atom. The summed E-state index contributed by atoms with van der Waals surface area (Å²) >= 11 is 0. The highest BCUT2D eigenvalue weighted by molar-refractivity contribution is 6.01. The Balaban J connectivity index is 2.47. The SMILES string of the molecule is N#CC1=C2CCCCC2(O)NC1=O. The monoisotopic (exact) mass is 178 g/mol. The second kappa shape index (κ2) is 2.57. The van der Waals surface area contributed by atoms with Crippen LogP contribution in [0.2, 0.25) is 0 Å². The Morgan fingerprint density at radius 3 is 3.00 bits per heavy atom. The van der Waals surface area contributed by atoms with Crippen LogP contribution in [0.1, 0.15) is 25.7 Å². The fourth-order valence-corrected chi connectivity index (χ4v) is 2.02. The summed E-state index contributed by atoms with van der Waals surface area (Å²) in [5.74, 6) is -0.429. The highest BCUT2D eigenvalue weighted by atomic mass is 16.3. The van der Waals surface area contributed by atoms with Gasteiger partial charge in [-0.25, -0.2) is 0 Å². The van der Waals surface area contributed by atoms with Crippen molar-refractivity contribution < 1.29 is 9.90 Å². The third kappa shape index (κ3) is 1.04. The second-order valence-electron chi connectivity index (χ2n) is 3.49. The van der Waals surface area contributed by atoms with E-state index in [1.54, 1.807) is 0 Å². The molecule has 1 aliphatic carbocycles. The molecule has 0 spiro atoms. The van der Waals surface area contributed by atoms with Gasteiger partial charge in [0.2, 0.25) is 0 Å². The molecule has 2 N–H and O–H groups in total. The van der Waals surface area contributed by atoms with E-state index >= 15 is 0 Å². The van der Waals surface area contributed by atoms with Gasteiger partial charge in [0.15, 0.2) is 5.72 Å². The standard InChI is InChI=1S/C9H10N2O2/c10-5-6-7-3-1-2-4-9(7,13)11-8(6)12/h13H,1-4H2,(H,11,12). The van der Waals surface area contributed by atoms with E-state index in [4.69, 9.17) is 5.26 Å². The molecule has 1 amide bonds. The van der Waals surface area contributed by atoms with Crippen molar-refractivity contribution in [3.63, 3.8) is 0 Å². The molecule has 0 bridgehead atoms. The van der Waals surface area contributed by atoms with Crippen LogP contribution in [-0.2, 0) is 4.79 Å². The number of hydrogen-bond acceptors (Lipinski definition) is 3. The van der Waals surface area contributed by atoms with Crippen LogP contribution in [0.4, 0.5) is 0 Å². The minimum atomic E-state index is -1.21. The number of carbonyl (C=O) groups excluding carboxylic acids is 1. The van der Waals surface area contributed by atoms with Crippen LogP contribution in [0, 0.1) is 11.3 Å². The predicted molar refractivity (Wildman–Crippen MR) is 44.2 cm³/mol. The number of hydrogen-bond donors (Lipinski definition) is 2. The largest absolute Gasteiger partial charge is 0.367 e.